The van der Waals surface area contributed by atoms with Gasteiger partial charge in [0.2, 0.25) is 0 Å². The number of hydrogen-bond donors (Lipinski definition) is 2. The zero-order chi connectivity index (χ0) is 14.2. The van der Waals surface area contributed by atoms with Gasteiger partial charge < -0.3 is 10.4 Å². The van der Waals surface area contributed by atoms with E-state index in [4.69, 9.17) is 0 Å². The van der Waals surface area contributed by atoms with Crippen molar-refractivity contribution in [3.63, 3.8) is 0 Å². The molecule has 3 heteroatoms. The largest absolute Gasteiger partial charge is 0.392 e. The molecule has 0 saturated heterocycles. The topological polar surface area (TPSA) is 32.3 Å². The van der Waals surface area contributed by atoms with Crippen molar-refractivity contribution < 1.29 is 5.11 Å². The average molecular weight is 334 g/mol. The van der Waals surface area contributed by atoms with E-state index in [0.717, 1.165) is 23.9 Å². The smallest absolute Gasteiger partial charge is 0.0667 e. The predicted octanol–water partition coefficient (Wildman–Crippen LogP) is 3.53. The number of aliphatic hydroxyl groups is 1. The number of nitrogens with one attached hydrogen (secondary N) is 1. The second kappa shape index (κ2) is 8.20. The fourth-order valence-electron chi connectivity index (χ4n) is 2.11. The van der Waals surface area contributed by atoms with Crippen LogP contribution in [0.1, 0.15) is 17.5 Å². The maximum Gasteiger partial charge on any atom is 0.0667 e. The zero-order valence-corrected chi connectivity index (χ0v) is 13.0. The molecule has 2 nitrogen and oxygen atoms in total. The second-order valence-electron chi connectivity index (χ2n) is 4.94. The summed E-state index contributed by atoms with van der Waals surface area (Å²) >= 11 is 3.46. The van der Waals surface area contributed by atoms with E-state index in [2.05, 4.69) is 45.5 Å². The maximum atomic E-state index is 9.97. The summed E-state index contributed by atoms with van der Waals surface area (Å²) in [6.07, 6.45) is 1.40. The molecule has 106 valence electrons. The monoisotopic (exact) mass is 333 g/mol. The molecule has 0 fully saturated rings. The van der Waals surface area contributed by atoms with E-state index in [1.165, 1.54) is 11.1 Å². The standard InChI is InChI=1S/C17H20BrNO/c18-16-8-4-7-15(11-16)12-19-13-17(20)10-9-14-5-2-1-3-6-14/h1-8,11,17,19-20H,9-10,12-13H2. The zero-order valence-electron chi connectivity index (χ0n) is 11.4. The molecule has 0 aliphatic rings. The molecular weight excluding hydrogens is 314 g/mol. The van der Waals surface area contributed by atoms with Crippen LogP contribution in [0.3, 0.4) is 0 Å². The van der Waals surface area contributed by atoms with Crippen molar-refractivity contribution in [3.8, 4) is 0 Å². The van der Waals surface area contributed by atoms with Crippen LogP contribution in [0.25, 0.3) is 0 Å². The van der Waals surface area contributed by atoms with Gasteiger partial charge in [-0.3, -0.25) is 0 Å². The highest BCUT2D eigenvalue weighted by atomic mass is 79.9. The van der Waals surface area contributed by atoms with Crippen molar-refractivity contribution in [2.75, 3.05) is 6.54 Å². The molecule has 2 aromatic rings. The SMILES string of the molecule is OC(CCc1ccccc1)CNCc1cccc(Br)c1. The Morgan fingerprint density at radius 2 is 1.75 bits per heavy atom. The van der Waals surface area contributed by atoms with E-state index < -0.39 is 0 Å². The fourth-order valence-corrected chi connectivity index (χ4v) is 2.56. The summed E-state index contributed by atoms with van der Waals surface area (Å²) in [4.78, 5) is 0. The molecule has 2 rings (SSSR count). The van der Waals surface area contributed by atoms with Gasteiger partial charge >= 0.3 is 0 Å². The summed E-state index contributed by atoms with van der Waals surface area (Å²) < 4.78 is 1.08. The van der Waals surface area contributed by atoms with Crippen LogP contribution < -0.4 is 5.32 Å². The highest BCUT2D eigenvalue weighted by molar-refractivity contribution is 9.10. The van der Waals surface area contributed by atoms with E-state index in [0.29, 0.717) is 6.54 Å². The Morgan fingerprint density at radius 1 is 1.00 bits per heavy atom. The highest BCUT2D eigenvalue weighted by Gasteiger charge is 2.04. The molecule has 0 bridgehead atoms. The second-order valence-corrected chi connectivity index (χ2v) is 5.85. The van der Waals surface area contributed by atoms with Crippen LogP contribution in [0.2, 0.25) is 0 Å². The Morgan fingerprint density at radius 3 is 2.50 bits per heavy atom. The van der Waals surface area contributed by atoms with Crippen molar-refractivity contribution in [2.45, 2.75) is 25.5 Å². The number of benzene rings is 2. The van der Waals surface area contributed by atoms with Crippen molar-refractivity contribution in [1.82, 2.24) is 5.32 Å². The van der Waals surface area contributed by atoms with Crippen LogP contribution in [0, 0.1) is 0 Å². The van der Waals surface area contributed by atoms with Crippen LogP contribution in [-0.4, -0.2) is 17.8 Å². The van der Waals surface area contributed by atoms with E-state index in [-0.39, 0.29) is 6.10 Å². The maximum absolute atomic E-state index is 9.97. The van der Waals surface area contributed by atoms with Crippen molar-refractivity contribution in [2.24, 2.45) is 0 Å². The van der Waals surface area contributed by atoms with E-state index in [1.807, 2.05) is 30.3 Å². The quantitative estimate of drug-likeness (QED) is 0.812. The highest BCUT2D eigenvalue weighted by Crippen LogP contribution is 2.11. The molecule has 2 aromatic carbocycles. The van der Waals surface area contributed by atoms with Crippen molar-refractivity contribution in [3.05, 3.63) is 70.2 Å². The number of hydrogen-bond acceptors (Lipinski definition) is 2. The first kappa shape index (κ1) is 15.2. The van der Waals surface area contributed by atoms with Crippen LogP contribution in [-0.2, 0) is 13.0 Å². The average Bonchev–Trinajstić information content (AvgIpc) is 2.46. The minimum Gasteiger partial charge on any atom is -0.392 e. The number of aryl methyl sites for hydroxylation is 1. The van der Waals surface area contributed by atoms with Crippen molar-refractivity contribution >= 4 is 15.9 Å². The third-order valence-electron chi connectivity index (χ3n) is 3.21. The van der Waals surface area contributed by atoms with Gasteiger partial charge in [0.05, 0.1) is 6.10 Å². The van der Waals surface area contributed by atoms with Gasteiger partial charge in [-0.1, -0.05) is 58.4 Å². The molecule has 0 heterocycles. The van der Waals surface area contributed by atoms with Gasteiger partial charge in [0.25, 0.3) is 0 Å². The summed E-state index contributed by atoms with van der Waals surface area (Å²) in [5.41, 5.74) is 2.49. The predicted molar refractivity (Wildman–Crippen MR) is 86.6 cm³/mol. The molecule has 1 unspecified atom stereocenters. The normalized spacial score (nSPS) is 12.3. The minimum absolute atomic E-state index is 0.303. The van der Waals surface area contributed by atoms with Crippen molar-refractivity contribution in [1.29, 1.82) is 0 Å². The molecule has 0 aliphatic heterocycles. The Bertz CT molecular complexity index is 515. The van der Waals surface area contributed by atoms with E-state index in [1.54, 1.807) is 0 Å². The number of rotatable bonds is 7. The van der Waals surface area contributed by atoms with Gasteiger partial charge in [-0.25, -0.2) is 0 Å². The molecule has 0 aromatic heterocycles. The Hall–Kier alpha value is -1.16. The van der Waals surface area contributed by atoms with Gasteiger partial charge in [0, 0.05) is 17.6 Å². The molecule has 0 aliphatic carbocycles. The van der Waals surface area contributed by atoms with Crippen LogP contribution >= 0.6 is 15.9 Å². The first-order valence-electron chi connectivity index (χ1n) is 6.91. The van der Waals surface area contributed by atoms with Gasteiger partial charge in [0.1, 0.15) is 0 Å². The summed E-state index contributed by atoms with van der Waals surface area (Å²) in [6, 6.07) is 18.5. The number of halogens is 1. The first-order valence-corrected chi connectivity index (χ1v) is 7.70. The summed E-state index contributed by atoms with van der Waals surface area (Å²) in [7, 11) is 0. The third kappa shape index (κ3) is 5.45. The molecule has 0 spiro atoms. The van der Waals surface area contributed by atoms with Crippen LogP contribution in [0.4, 0.5) is 0 Å². The Kier molecular flexibility index (Phi) is 6.25. The molecule has 0 saturated carbocycles. The van der Waals surface area contributed by atoms with Crippen LogP contribution in [0.15, 0.2) is 59.1 Å². The lowest BCUT2D eigenvalue weighted by molar-refractivity contribution is 0.161. The van der Waals surface area contributed by atoms with Gasteiger partial charge in [-0.05, 0) is 36.1 Å². The number of aliphatic hydroxyl groups excluding tert-OH is 1. The lowest BCUT2D eigenvalue weighted by atomic mass is 10.1. The first-order chi connectivity index (χ1) is 9.74. The summed E-state index contributed by atoms with van der Waals surface area (Å²) in [5.74, 6) is 0. The fraction of sp³-hybridized carbons (Fsp3) is 0.294. The molecule has 2 N–H and O–H groups in total. The minimum atomic E-state index is -0.303. The Balaban J connectivity index is 1.66. The summed E-state index contributed by atoms with van der Waals surface area (Å²) in [5, 5.41) is 13.3. The molecule has 0 radical (unpaired) electrons. The lowest BCUT2D eigenvalue weighted by Gasteiger charge is -2.12. The van der Waals surface area contributed by atoms with E-state index >= 15 is 0 Å². The third-order valence-corrected chi connectivity index (χ3v) is 3.70. The van der Waals surface area contributed by atoms with Gasteiger partial charge in [-0.2, -0.15) is 0 Å². The molecule has 1 atom stereocenters. The van der Waals surface area contributed by atoms with E-state index in [9.17, 15) is 5.11 Å². The van der Waals surface area contributed by atoms with Crippen LogP contribution in [0.5, 0.6) is 0 Å². The Labute approximate surface area is 129 Å². The van der Waals surface area contributed by atoms with Gasteiger partial charge in [0.15, 0.2) is 0 Å². The van der Waals surface area contributed by atoms with Gasteiger partial charge in [-0.15, -0.1) is 0 Å². The summed E-state index contributed by atoms with van der Waals surface area (Å²) in [6.45, 7) is 1.40. The molecule has 0 amide bonds. The molecule has 20 heavy (non-hydrogen) atoms. The molecular formula is C17H20BrNO. The lowest BCUT2D eigenvalue weighted by Crippen LogP contribution is -2.26.